The van der Waals surface area contributed by atoms with Gasteiger partial charge in [-0.3, -0.25) is 4.90 Å². The molecule has 1 heterocycles. The average Bonchev–Trinajstić information content (AvgIpc) is 2.56. The van der Waals surface area contributed by atoms with Crippen LogP contribution in [0.5, 0.6) is 0 Å². The second-order valence-corrected chi connectivity index (χ2v) is 8.21. The summed E-state index contributed by atoms with van der Waals surface area (Å²) in [4.78, 5) is 2.34. The number of rotatable bonds is 4. The summed E-state index contributed by atoms with van der Waals surface area (Å²) >= 11 is 0. The van der Waals surface area contributed by atoms with Crippen LogP contribution in [0.2, 0.25) is 0 Å². The Balaban J connectivity index is 1.82. The van der Waals surface area contributed by atoms with E-state index in [2.05, 4.69) is 4.90 Å². The summed E-state index contributed by atoms with van der Waals surface area (Å²) in [6.45, 7) is 3.69. The van der Waals surface area contributed by atoms with Crippen molar-refractivity contribution in [3.63, 3.8) is 0 Å². The molecule has 1 aliphatic heterocycles. The van der Waals surface area contributed by atoms with Crippen molar-refractivity contribution >= 4 is 9.84 Å². The fourth-order valence-electron chi connectivity index (χ4n) is 2.99. The zero-order chi connectivity index (χ0) is 17.2. The first-order chi connectivity index (χ1) is 11.4. The standard InChI is InChI=1S/C19H23NO2S/c1-16-9-11-18(12-10-16)23(21,22)19-8-5-13-20(15-19)14-17-6-3-2-4-7-17/h2-4,6-7,9-12,19H,5,8,13-15H2,1H3/t19-/m0/s1/i19D. The normalized spacial score (nSPS) is 23.4. The molecular weight excluding hydrogens is 306 g/mol. The summed E-state index contributed by atoms with van der Waals surface area (Å²) in [5.41, 5.74) is 2.16. The van der Waals surface area contributed by atoms with Crippen molar-refractivity contribution in [2.45, 2.75) is 36.4 Å². The summed E-state index contributed by atoms with van der Waals surface area (Å²) in [7, 11) is -3.68. The molecule has 0 aromatic heterocycles. The molecule has 23 heavy (non-hydrogen) atoms. The summed E-state index contributed by atoms with van der Waals surface area (Å²) < 4.78 is 34.7. The van der Waals surface area contributed by atoms with Crippen molar-refractivity contribution in [2.24, 2.45) is 0 Å². The van der Waals surface area contributed by atoms with E-state index in [4.69, 9.17) is 1.37 Å². The van der Waals surface area contributed by atoms with Crippen LogP contribution in [0.4, 0.5) is 0 Å². The molecule has 0 amide bonds. The first-order valence-corrected chi connectivity index (χ1v) is 9.47. The minimum absolute atomic E-state index is 0.248. The van der Waals surface area contributed by atoms with E-state index < -0.39 is 15.1 Å². The molecule has 0 bridgehead atoms. The van der Waals surface area contributed by atoms with Crippen molar-refractivity contribution in [2.75, 3.05) is 13.1 Å². The molecule has 3 nitrogen and oxygen atoms in total. The number of piperidine rings is 1. The highest BCUT2D eigenvalue weighted by molar-refractivity contribution is 7.92. The van der Waals surface area contributed by atoms with Gasteiger partial charge in [-0.15, -0.1) is 0 Å². The molecule has 4 heteroatoms. The predicted octanol–water partition coefficient (Wildman–Crippen LogP) is 3.43. The first-order valence-electron chi connectivity index (χ1n) is 8.48. The van der Waals surface area contributed by atoms with Crippen molar-refractivity contribution in [1.29, 1.82) is 0 Å². The lowest BCUT2D eigenvalue weighted by Crippen LogP contribution is -2.41. The van der Waals surface area contributed by atoms with Crippen LogP contribution < -0.4 is 0 Å². The van der Waals surface area contributed by atoms with Crippen LogP contribution in [-0.4, -0.2) is 31.6 Å². The lowest BCUT2D eigenvalue weighted by Gasteiger charge is -2.32. The molecule has 0 saturated carbocycles. The molecule has 0 spiro atoms. The van der Waals surface area contributed by atoms with Crippen LogP contribution in [0.15, 0.2) is 59.5 Å². The van der Waals surface area contributed by atoms with E-state index in [-0.39, 0.29) is 11.4 Å². The summed E-state index contributed by atoms with van der Waals surface area (Å²) in [6.07, 6.45) is 1.11. The van der Waals surface area contributed by atoms with Gasteiger partial charge in [0, 0.05) is 14.5 Å². The van der Waals surface area contributed by atoms with Gasteiger partial charge in [0.25, 0.3) is 0 Å². The van der Waals surface area contributed by atoms with Gasteiger partial charge in [0.1, 0.15) is 0 Å². The molecule has 0 N–H and O–H groups in total. The Labute approximate surface area is 140 Å². The quantitative estimate of drug-likeness (QED) is 0.862. The number of sulfone groups is 1. The lowest BCUT2D eigenvalue weighted by atomic mass is 10.1. The maximum atomic E-state index is 13.0. The van der Waals surface area contributed by atoms with E-state index in [0.29, 0.717) is 13.0 Å². The molecule has 2 aromatic rings. The SMILES string of the molecule is [2H][C@]1(S(=O)(=O)c2ccc(C)cc2)CCCN(Cc2ccccc2)C1. The van der Waals surface area contributed by atoms with Gasteiger partial charge in [0.15, 0.2) is 9.84 Å². The topological polar surface area (TPSA) is 37.4 Å². The van der Waals surface area contributed by atoms with Crippen LogP contribution in [0, 0.1) is 6.92 Å². The second kappa shape index (κ2) is 6.85. The lowest BCUT2D eigenvalue weighted by molar-refractivity contribution is 0.222. The fraction of sp³-hybridized carbons (Fsp3) is 0.368. The number of benzene rings is 2. The molecular formula is C19H23NO2S. The zero-order valence-electron chi connectivity index (χ0n) is 14.4. The summed E-state index contributed by atoms with van der Waals surface area (Å²) in [5.74, 6) is 0. The molecule has 3 rings (SSSR count). The van der Waals surface area contributed by atoms with E-state index in [1.165, 1.54) is 0 Å². The Hall–Kier alpha value is -1.65. The highest BCUT2D eigenvalue weighted by Gasteiger charge is 2.31. The molecule has 1 atom stereocenters. The number of aryl methyl sites for hydroxylation is 1. The number of nitrogens with zero attached hydrogens (tertiary/aromatic N) is 1. The van der Waals surface area contributed by atoms with Gasteiger partial charge >= 0.3 is 0 Å². The van der Waals surface area contributed by atoms with E-state index in [9.17, 15) is 8.42 Å². The van der Waals surface area contributed by atoms with Gasteiger partial charge in [-0.25, -0.2) is 8.42 Å². The van der Waals surface area contributed by atoms with Crippen LogP contribution in [0.25, 0.3) is 0 Å². The maximum Gasteiger partial charge on any atom is 0.182 e. The van der Waals surface area contributed by atoms with Gasteiger partial charge < -0.3 is 0 Å². The van der Waals surface area contributed by atoms with Crippen LogP contribution >= 0.6 is 0 Å². The van der Waals surface area contributed by atoms with Crippen molar-refractivity contribution < 1.29 is 9.79 Å². The third-order valence-electron chi connectivity index (χ3n) is 4.29. The highest BCUT2D eigenvalue weighted by Crippen LogP contribution is 2.25. The third kappa shape index (κ3) is 3.82. The molecule has 122 valence electrons. The summed E-state index contributed by atoms with van der Waals surface area (Å²) in [5, 5.41) is -1.48. The van der Waals surface area contributed by atoms with Crippen molar-refractivity contribution in [1.82, 2.24) is 4.90 Å². The van der Waals surface area contributed by atoms with Crippen LogP contribution in [0.1, 0.15) is 25.3 Å². The van der Waals surface area contributed by atoms with Gasteiger partial charge in [0.05, 0.1) is 10.1 Å². The first kappa shape index (κ1) is 14.9. The van der Waals surface area contributed by atoms with Crippen molar-refractivity contribution in [3.05, 3.63) is 65.7 Å². The maximum absolute atomic E-state index is 13.0. The molecule has 2 aromatic carbocycles. The van der Waals surface area contributed by atoms with E-state index in [1.807, 2.05) is 37.3 Å². The monoisotopic (exact) mass is 330 g/mol. The molecule has 1 aliphatic rings. The molecule has 0 radical (unpaired) electrons. The Morgan fingerprint density at radius 3 is 2.52 bits per heavy atom. The largest absolute Gasteiger partial charge is 0.298 e. The minimum atomic E-state index is -3.68. The van der Waals surface area contributed by atoms with E-state index in [0.717, 1.165) is 24.1 Å². The second-order valence-electron chi connectivity index (χ2n) is 6.15. The Morgan fingerprint density at radius 1 is 1.13 bits per heavy atom. The molecule has 0 aliphatic carbocycles. The van der Waals surface area contributed by atoms with Crippen molar-refractivity contribution in [3.8, 4) is 0 Å². The molecule has 1 saturated heterocycles. The molecule has 1 fully saturated rings. The van der Waals surface area contributed by atoms with E-state index >= 15 is 0 Å². The van der Waals surface area contributed by atoms with Gasteiger partial charge in [-0.2, -0.15) is 0 Å². The van der Waals surface area contributed by atoms with Gasteiger partial charge in [-0.1, -0.05) is 48.0 Å². The van der Waals surface area contributed by atoms with Gasteiger partial charge in [-0.05, 0) is 44.0 Å². The summed E-state index contributed by atoms with van der Waals surface area (Å²) in [6, 6.07) is 16.8. The predicted molar refractivity (Wildman–Crippen MR) is 93.1 cm³/mol. The minimum Gasteiger partial charge on any atom is -0.298 e. The number of likely N-dealkylation sites (tertiary alicyclic amines) is 1. The smallest absolute Gasteiger partial charge is 0.182 e. The highest BCUT2D eigenvalue weighted by atomic mass is 32.2. The number of hydrogen-bond donors (Lipinski definition) is 0. The Bertz CT molecular complexity index is 790. The third-order valence-corrected chi connectivity index (χ3v) is 6.28. The number of hydrogen-bond acceptors (Lipinski definition) is 3. The van der Waals surface area contributed by atoms with E-state index in [1.54, 1.807) is 24.3 Å². The van der Waals surface area contributed by atoms with Crippen LogP contribution in [-0.2, 0) is 16.4 Å². The Morgan fingerprint density at radius 2 is 1.83 bits per heavy atom. The Kier molecular flexibility index (Phi) is 4.44. The molecule has 0 unspecified atom stereocenters. The van der Waals surface area contributed by atoms with Crippen LogP contribution in [0.3, 0.4) is 0 Å². The average molecular weight is 330 g/mol. The van der Waals surface area contributed by atoms with Gasteiger partial charge in [0.2, 0.25) is 0 Å². The fourth-order valence-corrected chi connectivity index (χ4v) is 4.58. The zero-order valence-corrected chi connectivity index (χ0v) is 14.2.